The van der Waals surface area contributed by atoms with Crippen LogP contribution >= 0.6 is 0 Å². The molecule has 0 aliphatic rings. The van der Waals surface area contributed by atoms with Crippen LogP contribution in [0.15, 0.2) is 11.0 Å². The molecule has 9 heteroatoms. The Hall–Kier alpha value is -2.02. The minimum Gasteiger partial charge on any atom is -0.394 e. The summed E-state index contributed by atoms with van der Waals surface area (Å²) < 4.78 is 32.7. The van der Waals surface area contributed by atoms with E-state index in [1.165, 1.54) is 5.92 Å². The van der Waals surface area contributed by atoms with Gasteiger partial charge in [0, 0.05) is 7.11 Å². The van der Waals surface area contributed by atoms with Crippen molar-refractivity contribution in [3.8, 4) is 12.3 Å². The van der Waals surface area contributed by atoms with Gasteiger partial charge in [0.2, 0.25) is 0 Å². The van der Waals surface area contributed by atoms with Crippen LogP contribution < -0.4 is 11.4 Å². The summed E-state index contributed by atoms with van der Waals surface area (Å²) in [5, 5.41) is 18.8. The fraction of sp³-hybridized carbons (Fsp3) is 0.455. The van der Waals surface area contributed by atoms with Crippen LogP contribution in [0.4, 0.5) is 14.6 Å². The predicted molar refractivity (Wildman–Crippen MR) is 64.7 cm³/mol. The molecular formula is C11H13F2N3O4. The van der Waals surface area contributed by atoms with Gasteiger partial charge in [-0.15, -0.1) is 6.42 Å². The summed E-state index contributed by atoms with van der Waals surface area (Å²) in [7, 11) is 1.09. The molecule has 7 nitrogen and oxygen atoms in total. The van der Waals surface area contributed by atoms with Crippen LogP contribution in [0.3, 0.4) is 0 Å². The molecule has 0 saturated heterocycles. The van der Waals surface area contributed by atoms with E-state index < -0.39 is 41.9 Å². The van der Waals surface area contributed by atoms with E-state index in [1.807, 2.05) is 0 Å². The smallest absolute Gasteiger partial charge is 0.353 e. The summed E-state index contributed by atoms with van der Waals surface area (Å²) in [6.07, 6.45) is 1.81. The van der Waals surface area contributed by atoms with Crippen molar-refractivity contribution in [2.75, 3.05) is 19.5 Å². The number of aromatic nitrogens is 2. The Labute approximate surface area is 112 Å². The number of methoxy groups -OCH3 is 1. The van der Waals surface area contributed by atoms with Gasteiger partial charge in [0.25, 0.3) is 5.79 Å². The van der Waals surface area contributed by atoms with Gasteiger partial charge in [0.15, 0.2) is 11.6 Å². The molecule has 1 aromatic heterocycles. The maximum absolute atomic E-state index is 14.7. The highest BCUT2D eigenvalue weighted by molar-refractivity contribution is 5.27. The van der Waals surface area contributed by atoms with Crippen LogP contribution in [0, 0.1) is 18.2 Å². The van der Waals surface area contributed by atoms with E-state index in [1.54, 1.807) is 0 Å². The number of rotatable bonds is 5. The van der Waals surface area contributed by atoms with Gasteiger partial charge in [-0.2, -0.15) is 4.98 Å². The monoisotopic (exact) mass is 289 g/mol. The Morgan fingerprint density at radius 3 is 2.80 bits per heavy atom. The maximum atomic E-state index is 14.7. The molecule has 3 atom stereocenters. The molecule has 2 unspecified atom stereocenters. The van der Waals surface area contributed by atoms with E-state index in [4.69, 9.17) is 17.3 Å². The SMILES string of the molecule is C#C[C@@](F)(C(O)C(CO)OC)n1cc(F)c(N)nc1=O. The Balaban J connectivity index is 3.42. The molecule has 1 rings (SSSR count). The number of terminal acetylenes is 1. The lowest BCUT2D eigenvalue weighted by Crippen LogP contribution is -2.52. The third-order valence-corrected chi connectivity index (χ3v) is 2.69. The largest absolute Gasteiger partial charge is 0.394 e. The zero-order valence-corrected chi connectivity index (χ0v) is 10.5. The van der Waals surface area contributed by atoms with Gasteiger partial charge in [-0.05, 0) is 5.92 Å². The molecule has 20 heavy (non-hydrogen) atoms. The number of hydrogen-bond donors (Lipinski definition) is 3. The number of nitrogen functional groups attached to an aromatic ring is 1. The first-order valence-electron chi connectivity index (χ1n) is 5.35. The van der Waals surface area contributed by atoms with Gasteiger partial charge < -0.3 is 20.7 Å². The summed E-state index contributed by atoms with van der Waals surface area (Å²) in [6.45, 7) is -0.773. The Kier molecular flexibility index (Phi) is 4.78. The highest BCUT2D eigenvalue weighted by atomic mass is 19.1. The zero-order chi connectivity index (χ0) is 15.5. The fourth-order valence-electron chi connectivity index (χ4n) is 1.53. The van der Waals surface area contributed by atoms with Crippen LogP contribution in [-0.4, -0.2) is 45.7 Å². The van der Waals surface area contributed by atoms with Crippen molar-refractivity contribution < 1.29 is 23.7 Å². The molecule has 0 bridgehead atoms. The summed E-state index contributed by atoms with van der Waals surface area (Å²) in [5.41, 5.74) is 3.77. The molecule has 110 valence electrons. The lowest BCUT2D eigenvalue weighted by molar-refractivity contribution is -0.120. The molecule has 0 fully saturated rings. The molecular weight excluding hydrogens is 276 g/mol. The standard InChI is InChI=1S/C11H13F2N3O4/c1-3-11(13,8(18)7(5-17)20-2)16-4-6(12)9(14)15-10(16)19/h1,4,7-8,17-18H,5H2,2H3,(H2,14,15,19)/t7?,8?,11-/m0/s1. The Bertz CT molecular complexity index is 582. The minimum absolute atomic E-state index is 0.0744. The van der Waals surface area contributed by atoms with Crippen molar-refractivity contribution >= 4 is 5.82 Å². The lowest BCUT2D eigenvalue weighted by Gasteiger charge is -2.30. The normalized spacial score (nSPS) is 17.0. The number of aliphatic hydroxyl groups is 2. The molecule has 1 aromatic rings. The first kappa shape index (κ1) is 16.0. The summed E-state index contributed by atoms with van der Waals surface area (Å²) in [4.78, 5) is 14.6. The van der Waals surface area contributed by atoms with Crippen LogP contribution in [0.2, 0.25) is 0 Å². The van der Waals surface area contributed by atoms with Crippen molar-refractivity contribution in [2.24, 2.45) is 0 Å². The second kappa shape index (κ2) is 5.96. The third kappa shape index (κ3) is 2.62. The van der Waals surface area contributed by atoms with E-state index in [2.05, 4.69) is 9.72 Å². The highest BCUT2D eigenvalue weighted by Crippen LogP contribution is 2.25. The summed E-state index contributed by atoms with van der Waals surface area (Å²) in [5.74, 6) is -3.54. The maximum Gasteiger partial charge on any atom is 0.353 e. The molecule has 0 saturated carbocycles. The third-order valence-electron chi connectivity index (χ3n) is 2.69. The van der Waals surface area contributed by atoms with E-state index in [9.17, 15) is 18.7 Å². The van der Waals surface area contributed by atoms with E-state index in [0.717, 1.165) is 7.11 Å². The second-order valence-electron chi connectivity index (χ2n) is 3.85. The number of alkyl halides is 1. The number of nitrogens with zero attached hydrogens (tertiary/aromatic N) is 2. The number of halogens is 2. The number of hydrogen-bond acceptors (Lipinski definition) is 6. The highest BCUT2D eigenvalue weighted by Gasteiger charge is 2.44. The molecule has 0 aliphatic heterocycles. The topological polar surface area (TPSA) is 111 Å². The number of nitrogens with two attached hydrogens (primary N) is 1. The van der Waals surface area contributed by atoms with Gasteiger partial charge in [-0.3, -0.25) is 0 Å². The second-order valence-corrected chi connectivity index (χ2v) is 3.85. The number of ether oxygens (including phenoxy) is 1. The van der Waals surface area contributed by atoms with Crippen molar-refractivity contribution in [1.82, 2.24) is 9.55 Å². The zero-order valence-electron chi connectivity index (χ0n) is 10.5. The van der Waals surface area contributed by atoms with Crippen molar-refractivity contribution in [1.29, 1.82) is 0 Å². The predicted octanol–water partition coefficient (Wildman–Crippen LogP) is -1.41. The molecule has 4 N–H and O–H groups in total. The first-order chi connectivity index (χ1) is 9.31. The quantitative estimate of drug-likeness (QED) is 0.574. The van der Waals surface area contributed by atoms with Gasteiger partial charge in [0.1, 0.15) is 12.2 Å². The van der Waals surface area contributed by atoms with Gasteiger partial charge in [0.05, 0.1) is 12.8 Å². The molecule has 0 radical (unpaired) electrons. The molecule has 0 aromatic carbocycles. The minimum atomic E-state index is -3.16. The number of anilines is 1. The summed E-state index contributed by atoms with van der Waals surface area (Å²) >= 11 is 0. The summed E-state index contributed by atoms with van der Waals surface area (Å²) in [6, 6.07) is 0. The van der Waals surface area contributed by atoms with Crippen molar-refractivity contribution in [2.45, 2.75) is 18.0 Å². The average Bonchev–Trinajstić information content (AvgIpc) is 2.43. The van der Waals surface area contributed by atoms with Crippen LogP contribution in [0.25, 0.3) is 0 Å². The molecule has 0 spiro atoms. The van der Waals surface area contributed by atoms with Crippen LogP contribution in [0.1, 0.15) is 0 Å². The van der Waals surface area contributed by atoms with Crippen molar-refractivity contribution in [3.05, 3.63) is 22.5 Å². The van der Waals surface area contributed by atoms with E-state index >= 15 is 0 Å². The van der Waals surface area contributed by atoms with Gasteiger partial charge in [-0.25, -0.2) is 18.1 Å². The first-order valence-corrected chi connectivity index (χ1v) is 5.35. The van der Waals surface area contributed by atoms with Gasteiger partial charge in [-0.1, -0.05) is 0 Å². The lowest BCUT2D eigenvalue weighted by atomic mass is 10.0. The molecule has 0 amide bonds. The average molecular weight is 289 g/mol. The van der Waals surface area contributed by atoms with Crippen LogP contribution in [0.5, 0.6) is 0 Å². The van der Waals surface area contributed by atoms with Crippen LogP contribution in [-0.2, 0) is 10.5 Å². The van der Waals surface area contributed by atoms with E-state index in [-0.39, 0.29) is 4.57 Å². The Morgan fingerprint density at radius 2 is 2.35 bits per heavy atom. The molecule has 0 aliphatic carbocycles. The van der Waals surface area contributed by atoms with Gasteiger partial charge >= 0.3 is 5.69 Å². The van der Waals surface area contributed by atoms with E-state index in [0.29, 0.717) is 6.20 Å². The van der Waals surface area contributed by atoms with Crippen molar-refractivity contribution in [3.63, 3.8) is 0 Å². The fourth-order valence-corrected chi connectivity index (χ4v) is 1.53. The Morgan fingerprint density at radius 1 is 1.75 bits per heavy atom. The number of aliphatic hydroxyl groups excluding tert-OH is 2. The molecule has 1 heterocycles.